The molecule has 0 radical (unpaired) electrons. The number of carbonyl (C=O) groups is 1. The highest BCUT2D eigenvalue weighted by Gasteiger charge is 2.07. The van der Waals surface area contributed by atoms with E-state index in [-0.39, 0.29) is 5.91 Å². The van der Waals surface area contributed by atoms with Gasteiger partial charge < -0.3 is 20.1 Å². The third-order valence-corrected chi connectivity index (χ3v) is 4.79. The Labute approximate surface area is 180 Å². The number of hydrogen-bond donors (Lipinski definition) is 2. The minimum atomic E-state index is -0.149. The zero-order chi connectivity index (χ0) is 21.5. The molecule has 0 saturated heterocycles. The first-order chi connectivity index (χ1) is 15.2. The Hall–Kier alpha value is -4.06. The number of para-hydroxylation sites is 3. The van der Waals surface area contributed by atoms with Crippen LogP contribution in [0, 0.1) is 0 Å². The maximum absolute atomic E-state index is 12.4. The van der Waals surface area contributed by atoms with Gasteiger partial charge in [0, 0.05) is 28.5 Å². The van der Waals surface area contributed by atoms with E-state index in [0.717, 1.165) is 22.3 Å². The van der Waals surface area contributed by atoms with Gasteiger partial charge in [0.25, 0.3) is 5.91 Å². The normalized spacial score (nSPS) is 10.5. The van der Waals surface area contributed by atoms with Crippen LogP contribution in [0.1, 0.15) is 10.4 Å². The first kappa shape index (κ1) is 20.2. The number of hydrogen-bond acceptors (Lipinski definition) is 5. The number of aromatic nitrogens is 1. The summed E-state index contributed by atoms with van der Waals surface area (Å²) in [5.41, 5.74) is 3.38. The van der Waals surface area contributed by atoms with Crippen molar-refractivity contribution in [3.05, 3.63) is 90.6 Å². The van der Waals surface area contributed by atoms with Crippen LogP contribution < -0.4 is 20.1 Å². The van der Waals surface area contributed by atoms with Gasteiger partial charge in [-0.05, 0) is 48.5 Å². The number of rotatable bonds is 8. The smallest absolute Gasteiger partial charge is 0.251 e. The second-order valence-corrected chi connectivity index (χ2v) is 6.83. The molecule has 0 aliphatic carbocycles. The lowest BCUT2D eigenvalue weighted by Crippen LogP contribution is -2.28. The molecule has 0 unspecified atom stereocenters. The van der Waals surface area contributed by atoms with Gasteiger partial charge in [-0.25, -0.2) is 0 Å². The average molecular weight is 413 g/mol. The van der Waals surface area contributed by atoms with Crippen LogP contribution in [0.25, 0.3) is 10.9 Å². The lowest BCUT2D eigenvalue weighted by molar-refractivity contribution is 0.0947. The van der Waals surface area contributed by atoms with E-state index in [0.29, 0.717) is 30.2 Å². The van der Waals surface area contributed by atoms with E-state index in [9.17, 15) is 4.79 Å². The molecule has 0 aliphatic heterocycles. The fourth-order valence-corrected chi connectivity index (χ4v) is 3.23. The van der Waals surface area contributed by atoms with Crippen molar-refractivity contribution in [2.24, 2.45) is 0 Å². The van der Waals surface area contributed by atoms with Crippen LogP contribution in [-0.2, 0) is 0 Å². The van der Waals surface area contributed by atoms with Crippen LogP contribution in [-0.4, -0.2) is 31.2 Å². The fraction of sp³-hybridized carbons (Fsp3) is 0.120. The Morgan fingerprint density at radius 2 is 1.65 bits per heavy atom. The molecule has 1 aromatic heterocycles. The molecule has 6 heteroatoms. The van der Waals surface area contributed by atoms with Crippen molar-refractivity contribution in [1.29, 1.82) is 0 Å². The van der Waals surface area contributed by atoms with Gasteiger partial charge in [-0.2, -0.15) is 0 Å². The van der Waals surface area contributed by atoms with Gasteiger partial charge in [-0.1, -0.05) is 30.3 Å². The van der Waals surface area contributed by atoms with Crippen LogP contribution in [0.15, 0.2) is 85.1 Å². The molecule has 4 rings (SSSR count). The maximum Gasteiger partial charge on any atom is 0.251 e. The molecule has 0 spiro atoms. The molecule has 0 aliphatic rings. The van der Waals surface area contributed by atoms with E-state index < -0.39 is 0 Å². The highest BCUT2D eigenvalue weighted by atomic mass is 16.5. The Kier molecular flexibility index (Phi) is 6.28. The molecule has 0 atom stereocenters. The van der Waals surface area contributed by atoms with E-state index >= 15 is 0 Å². The standard InChI is InChI=1S/C25H23N3O3/c1-30-23-8-4-5-9-24(23)31-17-16-27-25(29)18-10-12-19(13-11-18)28-22-14-15-26-21-7-3-2-6-20(21)22/h2-15H,16-17H2,1H3,(H,26,28)(H,27,29). The van der Waals surface area contributed by atoms with Gasteiger partial charge in [-0.3, -0.25) is 9.78 Å². The molecule has 0 fully saturated rings. The Balaban J connectivity index is 1.32. The van der Waals surface area contributed by atoms with Crippen molar-refractivity contribution in [3.63, 3.8) is 0 Å². The summed E-state index contributed by atoms with van der Waals surface area (Å²) in [5, 5.41) is 7.30. The van der Waals surface area contributed by atoms with Gasteiger partial charge in [0.2, 0.25) is 0 Å². The summed E-state index contributed by atoms with van der Waals surface area (Å²) < 4.78 is 10.9. The van der Waals surface area contributed by atoms with Crippen molar-refractivity contribution in [2.75, 3.05) is 25.6 Å². The summed E-state index contributed by atoms with van der Waals surface area (Å²) in [6.07, 6.45) is 1.78. The number of methoxy groups -OCH3 is 1. The number of fused-ring (bicyclic) bond motifs is 1. The molecule has 2 N–H and O–H groups in total. The van der Waals surface area contributed by atoms with Crippen LogP contribution >= 0.6 is 0 Å². The summed E-state index contributed by atoms with van der Waals surface area (Å²) in [7, 11) is 1.60. The number of anilines is 2. The van der Waals surface area contributed by atoms with Crippen LogP contribution in [0.2, 0.25) is 0 Å². The minimum absolute atomic E-state index is 0.149. The zero-order valence-corrected chi connectivity index (χ0v) is 17.2. The first-order valence-electron chi connectivity index (χ1n) is 9.99. The van der Waals surface area contributed by atoms with E-state index in [1.807, 2.05) is 66.7 Å². The molecule has 0 bridgehead atoms. The lowest BCUT2D eigenvalue weighted by atomic mass is 10.1. The van der Waals surface area contributed by atoms with Gasteiger partial charge in [0.1, 0.15) is 6.61 Å². The molecule has 1 amide bonds. The van der Waals surface area contributed by atoms with Crippen molar-refractivity contribution >= 4 is 28.2 Å². The summed E-state index contributed by atoms with van der Waals surface area (Å²) >= 11 is 0. The van der Waals surface area contributed by atoms with Crippen molar-refractivity contribution in [1.82, 2.24) is 10.3 Å². The second kappa shape index (κ2) is 9.63. The highest BCUT2D eigenvalue weighted by molar-refractivity contribution is 5.95. The SMILES string of the molecule is COc1ccccc1OCCNC(=O)c1ccc(Nc2ccnc3ccccc23)cc1. The number of carbonyl (C=O) groups excluding carboxylic acids is 1. The number of amides is 1. The molecule has 31 heavy (non-hydrogen) atoms. The predicted octanol–water partition coefficient (Wildman–Crippen LogP) is 4.80. The van der Waals surface area contributed by atoms with Crippen molar-refractivity contribution in [3.8, 4) is 11.5 Å². The lowest BCUT2D eigenvalue weighted by Gasteiger charge is -2.11. The van der Waals surface area contributed by atoms with E-state index in [2.05, 4.69) is 15.6 Å². The van der Waals surface area contributed by atoms with Crippen LogP contribution in [0.4, 0.5) is 11.4 Å². The van der Waals surface area contributed by atoms with Crippen molar-refractivity contribution < 1.29 is 14.3 Å². The molecule has 6 nitrogen and oxygen atoms in total. The quantitative estimate of drug-likeness (QED) is 0.406. The molecule has 0 saturated carbocycles. The van der Waals surface area contributed by atoms with E-state index in [1.165, 1.54) is 0 Å². The number of nitrogens with one attached hydrogen (secondary N) is 2. The third-order valence-electron chi connectivity index (χ3n) is 4.79. The summed E-state index contributed by atoms with van der Waals surface area (Å²) in [5.74, 6) is 1.17. The largest absolute Gasteiger partial charge is 0.493 e. The Bertz CT molecular complexity index is 1170. The van der Waals surface area contributed by atoms with Gasteiger partial charge in [-0.15, -0.1) is 0 Å². The first-order valence-corrected chi connectivity index (χ1v) is 9.99. The maximum atomic E-state index is 12.4. The minimum Gasteiger partial charge on any atom is -0.493 e. The molecular weight excluding hydrogens is 390 g/mol. The predicted molar refractivity (Wildman–Crippen MR) is 122 cm³/mol. The van der Waals surface area contributed by atoms with Gasteiger partial charge in [0.15, 0.2) is 11.5 Å². The third kappa shape index (κ3) is 4.93. The van der Waals surface area contributed by atoms with Crippen LogP contribution in [0.5, 0.6) is 11.5 Å². The van der Waals surface area contributed by atoms with Crippen LogP contribution in [0.3, 0.4) is 0 Å². The zero-order valence-electron chi connectivity index (χ0n) is 17.2. The molecular formula is C25H23N3O3. The number of nitrogens with zero attached hydrogens (tertiary/aromatic N) is 1. The van der Waals surface area contributed by atoms with Gasteiger partial charge >= 0.3 is 0 Å². The average Bonchev–Trinajstić information content (AvgIpc) is 2.82. The molecule has 156 valence electrons. The Morgan fingerprint density at radius 3 is 2.45 bits per heavy atom. The number of pyridine rings is 1. The summed E-state index contributed by atoms with van der Waals surface area (Å²) in [6, 6.07) is 24.7. The van der Waals surface area contributed by atoms with E-state index in [4.69, 9.17) is 9.47 Å². The number of ether oxygens (including phenoxy) is 2. The summed E-state index contributed by atoms with van der Waals surface area (Å²) in [6.45, 7) is 0.737. The fourth-order valence-electron chi connectivity index (χ4n) is 3.23. The van der Waals surface area contributed by atoms with Gasteiger partial charge in [0.05, 0.1) is 19.2 Å². The van der Waals surface area contributed by atoms with Crippen molar-refractivity contribution in [2.45, 2.75) is 0 Å². The molecule has 1 heterocycles. The molecule has 4 aromatic rings. The monoisotopic (exact) mass is 413 g/mol. The Morgan fingerprint density at radius 1 is 0.903 bits per heavy atom. The molecule has 3 aromatic carbocycles. The number of benzene rings is 3. The highest BCUT2D eigenvalue weighted by Crippen LogP contribution is 2.26. The second-order valence-electron chi connectivity index (χ2n) is 6.83. The topological polar surface area (TPSA) is 72.5 Å². The summed E-state index contributed by atoms with van der Waals surface area (Å²) in [4.78, 5) is 16.8. The van der Waals surface area contributed by atoms with E-state index in [1.54, 1.807) is 25.4 Å².